The van der Waals surface area contributed by atoms with Gasteiger partial charge in [0.05, 0.1) is 11.0 Å². The van der Waals surface area contributed by atoms with Gasteiger partial charge in [-0.2, -0.15) is 0 Å². The quantitative estimate of drug-likeness (QED) is 0.624. The molecule has 0 amide bonds. The van der Waals surface area contributed by atoms with Crippen LogP contribution in [0.15, 0.2) is 48.7 Å². The minimum Gasteiger partial charge on any atom is -0.387 e. The van der Waals surface area contributed by atoms with Gasteiger partial charge in [0, 0.05) is 31.7 Å². The van der Waals surface area contributed by atoms with Gasteiger partial charge in [-0.05, 0) is 18.1 Å². The van der Waals surface area contributed by atoms with Gasteiger partial charge >= 0.3 is 0 Å². The van der Waals surface area contributed by atoms with E-state index in [9.17, 15) is 15.2 Å². The largest absolute Gasteiger partial charge is 0.387 e. The molecule has 1 aliphatic heterocycles. The Labute approximate surface area is 140 Å². The van der Waals surface area contributed by atoms with E-state index in [0.717, 1.165) is 25.1 Å². The smallest absolute Gasteiger partial charge is 0.287 e. The molecular formula is C17H20N4O3. The Morgan fingerprint density at radius 1 is 1.33 bits per heavy atom. The van der Waals surface area contributed by atoms with Crippen molar-refractivity contribution < 1.29 is 10.0 Å². The van der Waals surface area contributed by atoms with Crippen molar-refractivity contribution in [2.24, 2.45) is 0 Å². The number of nitrogens with zero attached hydrogens (tertiary/aromatic N) is 3. The number of likely N-dealkylation sites (tertiary alicyclic amines) is 1. The number of nitrogens with one attached hydrogen (secondary N) is 1. The van der Waals surface area contributed by atoms with E-state index in [0.29, 0.717) is 12.4 Å². The fourth-order valence-corrected chi connectivity index (χ4v) is 2.93. The molecule has 0 unspecified atom stereocenters. The van der Waals surface area contributed by atoms with Crippen LogP contribution in [0, 0.1) is 10.1 Å². The summed E-state index contributed by atoms with van der Waals surface area (Å²) in [6.07, 6.45) is 1.71. The van der Waals surface area contributed by atoms with E-state index in [1.165, 1.54) is 12.3 Å². The van der Waals surface area contributed by atoms with Crippen molar-refractivity contribution >= 4 is 11.5 Å². The van der Waals surface area contributed by atoms with Gasteiger partial charge in [-0.1, -0.05) is 30.3 Å². The molecule has 2 heterocycles. The third-order valence-corrected chi connectivity index (χ3v) is 4.20. The van der Waals surface area contributed by atoms with E-state index in [-0.39, 0.29) is 11.7 Å². The Balaban J connectivity index is 1.51. The molecule has 0 radical (unpaired) electrons. The molecule has 3 rings (SSSR count). The van der Waals surface area contributed by atoms with Crippen LogP contribution in [-0.4, -0.2) is 45.6 Å². The molecule has 2 aromatic rings. The second-order valence-electron chi connectivity index (χ2n) is 5.97. The molecule has 1 saturated heterocycles. The van der Waals surface area contributed by atoms with Gasteiger partial charge in [-0.3, -0.25) is 15.0 Å². The first kappa shape index (κ1) is 16.4. The van der Waals surface area contributed by atoms with E-state index in [4.69, 9.17) is 0 Å². The third-order valence-electron chi connectivity index (χ3n) is 4.20. The summed E-state index contributed by atoms with van der Waals surface area (Å²) in [6.45, 7) is 2.30. The average Bonchev–Trinajstić information content (AvgIpc) is 3.03. The molecule has 2 atom stereocenters. The molecule has 0 spiro atoms. The molecule has 126 valence electrons. The van der Waals surface area contributed by atoms with Gasteiger partial charge in [0.2, 0.25) is 0 Å². The van der Waals surface area contributed by atoms with Gasteiger partial charge in [-0.15, -0.1) is 0 Å². The van der Waals surface area contributed by atoms with Gasteiger partial charge in [-0.25, -0.2) is 4.98 Å². The van der Waals surface area contributed by atoms with Crippen molar-refractivity contribution in [1.29, 1.82) is 0 Å². The van der Waals surface area contributed by atoms with Crippen LogP contribution in [0.4, 0.5) is 11.5 Å². The summed E-state index contributed by atoms with van der Waals surface area (Å²) < 4.78 is 0. The second kappa shape index (κ2) is 7.37. The molecule has 1 aromatic heterocycles. The molecule has 2 N–H and O–H groups in total. The van der Waals surface area contributed by atoms with Crippen molar-refractivity contribution in [3.63, 3.8) is 0 Å². The van der Waals surface area contributed by atoms with Crippen LogP contribution in [0.3, 0.4) is 0 Å². The Bertz CT molecular complexity index is 678. The number of benzene rings is 1. The predicted octanol–water partition coefficient (Wildman–Crippen LogP) is 2.21. The Morgan fingerprint density at radius 2 is 2.12 bits per heavy atom. The number of hydrogen-bond donors (Lipinski definition) is 2. The van der Waals surface area contributed by atoms with Crippen molar-refractivity contribution in [2.75, 3.05) is 25.0 Å². The normalized spacial score (nSPS) is 19.1. The summed E-state index contributed by atoms with van der Waals surface area (Å²) in [5.41, 5.74) is 0.908. The topological polar surface area (TPSA) is 91.5 Å². The van der Waals surface area contributed by atoms with E-state index in [2.05, 4.69) is 15.2 Å². The molecule has 1 aliphatic rings. The Kier molecular flexibility index (Phi) is 5.02. The van der Waals surface area contributed by atoms with Crippen molar-refractivity contribution in [1.82, 2.24) is 9.88 Å². The van der Waals surface area contributed by atoms with Crippen LogP contribution in [0.1, 0.15) is 18.1 Å². The zero-order chi connectivity index (χ0) is 16.9. The van der Waals surface area contributed by atoms with Crippen LogP contribution in [-0.2, 0) is 0 Å². The molecule has 0 aliphatic carbocycles. The fourth-order valence-electron chi connectivity index (χ4n) is 2.93. The lowest BCUT2D eigenvalue weighted by molar-refractivity contribution is -0.385. The molecule has 7 nitrogen and oxygen atoms in total. The number of rotatable bonds is 6. The first-order valence-electron chi connectivity index (χ1n) is 7.94. The van der Waals surface area contributed by atoms with E-state index < -0.39 is 11.0 Å². The highest BCUT2D eigenvalue weighted by Crippen LogP contribution is 2.20. The highest BCUT2D eigenvalue weighted by atomic mass is 16.6. The van der Waals surface area contributed by atoms with Gasteiger partial charge in [0.1, 0.15) is 12.0 Å². The SMILES string of the molecule is O=[N+]([O-])c1ccc(N[C@@H]2CCN(C[C@@H](O)c3ccccc3)C2)nc1. The summed E-state index contributed by atoms with van der Waals surface area (Å²) >= 11 is 0. The molecule has 0 bridgehead atoms. The number of anilines is 1. The van der Waals surface area contributed by atoms with Crippen molar-refractivity contribution in [3.05, 3.63) is 64.3 Å². The monoisotopic (exact) mass is 328 g/mol. The van der Waals surface area contributed by atoms with Crippen molar-refractivity contribution in [2.45, 2.75) is 18.6 Å². The molecule has 1 fully saturated rings. The predicted molar refractivity (Wildman–Crippen MR) is 90.8 cm³/mol. The zero-order valence-electron chi connectivity index (χ0n) is 13.2. The van der Waals surface area contributed by atoms with E-state index in [1.54, 1.807) is 6.07 Å². The van der Waals surface area contributed by atoms with Gasteiger partial charge in [0.25, 0.3) is 5.69 Å². The average molecular weight is 328 g/mol. The van der Waals surface area contributed by atoms with Gasteiger partial charge < -0.3 is 10.4 Å². The highest BCUT2D eigenvalue weighted by Gasteiger charge is 2.24. The number of nitro groups is 1. The number of aliphatic hydroxyl groups is 1. The third kappa shape index (κ3) is 4.06. The lowest BCUT2D eigenvalue weighted by Crippen LogP contribution is -2.30. The molecular weight excluding hydrogens is 308 g/mol. The second-order valence-corrected chi connectivity index (χ2v) is 5.97. The molecule has 1 aromatic carbocycles. The molecule has 24 heavy (non-hydrogen) atoms. The Morgan fingerprint density at radius 3 is 2.79 bits per heavy atom. The first-order valence-corrected chi connectivity index (χ1v) is 7.94. The number of aromatic nitrogens is 1. The molecule has 7 heteroatoms. The lowest BCUT2D eigenvalue weighted by atomic mass is 10.1. The lowest BCUT2D eigenvalue weighted by Gasteiger charge is -2.20. The Hall–Kier alpha value is -2.51. The first-order chi connectivity index (χ1) is 11.6. The highest BCUT2D eigenvalue weighted by molar-refractivity contribution is 5.41. The number of β-amino-alcohol motifs (C(OH)–C–C–N with tert-alkyl or cyclic N) is 1. The minimum absolute atomic E-state index is 0.0143. The summed E-state index contributed by atoms with van der Waals surface area (Å²) in [5, 5.41) is 24.2. The maximum absolute atomic E-state index is 10.6. The van der Waals surface area contributed by atoms with Crippen LogP contribution in [0.2, 0.25) is 0 Å². The summed E-state index contributed by atoms with van der Waals surface area (Å²) in [6, 6.07) is 12.9. The van der Waals surface area contributed by atoms with Crippen LogP contribution in [0.5, 0.6) is 0 Å². The van der Waals surface area contributed by atoms with Crippen LogP contribution < -0.4 is 5.32 Å². The maximum atomic E-state index is 10.6. The number of aliphatic hydroxyl groups excluding tert-OH is 1. The zero-order valence-corrected chi connectivity index (χ0v) is 13.2. The van der Waals surface area contributed by atoms with Crippen LogP contribution >= 0.6 is 0 Å². The fraction of sp³-hybridized carbons (Fsp3) is 0.353. The van der Waals surface area contributed by atoms with Crippen LogP contribution in [0.25, 0.3) is 0 Å². The summed E-state index contributed by atoms with van der Waals surface area (Å²) in [5.74, 6) is 0.635. The summed E-state index contributed by atoms with van der Waals surface area (Å²) in [7, 11) is 0. The van der Waals surface area contributed by atoms with Gasteiger partial charge in [0.15, 0.2) is 0 Å². The van der Waals surface area contributed by atoms with E-state index >= 15 is 0 Å². The maximum Gasteiger partial charge on any atom is 0.287 e. The molecule has 0 saturated carbocycles. The van der Waals surface area contributed by atoms with Crippen molar-refractivity contribution in [3.8, 4) is 0 Å². The number of pyridine rings is 1. The summed E-state index contributed by atoms with van der Waals surface area (Å²) in [4.78, 5) is 16.5. The minimum atomic E-state index is -0.498. The standard InChI is InChI=1S/C17H20N4O3/c22-16(13-4-2-1-3-5-13)12-20-9-8-14(11-20)19-17-7-6-15(10-18-17)21(23)24/h1-7,10,14,16,22H,8-9,11-12H2,(H,18,19)/t14-,16-/m1/s1. The van der Waals surface area contributed by atoms with E-state index in [1.807, 2.05) is 30.3 Å². The number of hydrogen-bond acceptors (Lipinski definition) is 6.